The summed E-state index contributed by atoms with van der Waals surface area (Å²) in [7, 11) is 2.16. The zero-order valence-corrected chi connectivity index (χ0v) is 10.6. The van der Waals surface area contributed by atoms with Crippen LogP contribution >= 0.6 is 0 Å². The van der Waals surface area contributed by atoms with Crippen LogP contribution in [0.3, 0.4) is 0 Å². The molecule has 4 nitrogen and oxygen atoms in total. The molecule has 0 aromatic heterocycles. The Bertz CT molecular complexity index is 461. The number of hydrogen-bond donors (Lipinski definition) is 1. The lowest BCUT2D eigenvalue weighted by Gasteiger charge is -2.19. The molecule has 1 atom stereocenters. The number of amides is 1. The Labute approximate surface area is 107 Å². The average molecular weight is 244 g/mol. The summed E-state index contributed by atoms with van der Waals surface area (Å²) < 4.78 is 0. The number of nitriles is 1. The van der Waals surface area contributed by atoms with Crippen LogP contribution in [0.2, 0.25) is 0 Å². The highest BCUT2D eigenvalue weighted by Crippen LogP contribution is 2.08. The van der Waals surface area contributed by atoms with Gasteiger partial charge in [0.1, 0.15) is 0 Å². The first kappa shape index (κ1) is 12.6. The van der Waals surface area contributed by atoms with E-state index in [0.717, 1.165) is 32.6 Å². The van der Waals surface area contributed by atoms with Crippen molar-refractivity contribution in [1.82, 2.24) is 4.90 Å². The number of rotatable bonds is 1. The lowest BCUT2D eigenvalue weighted by molar-refractivity contribution is -0.877. The van der Waals surface area contributed by atoms with Crippen LogP contribution in [0.5, 0.6) is 0 Å². The SMILES string of the molecule is C[NH+]1CCCN(C(=O)c2ccc(C#N)cc2)CC1. The Morgan fingerprint density at radius 3 is 2.67 bits per heavy atom. The van der Waals surface area contributed by atoms with Crippen LogP contribution in [0.4, 0.5) is 0 Å². The molecule has 2 rings (SSSR count). The van der Waals surface area contributed by atoms with E-state index in [1.807, 2.05) is 4.90 Å². The van der Waals surface area contributed by atoms with Gasteiger partial charge < -0.3 is 9.80 Å². The lowest BCUT2D eigenvalue weighted by Crippen LogP contribution is -3.09. The maximum Gasteiger partial charge on any atom is 0.254 e. The molecule has 1 aliphatic rings. The predicted molar refractivity (Wildman–Crippen MR) is 68.3 cm³/mol. The molecule has 1 aromatic carbocycles. The number of quaternary nitrogens is 1. The fourth-order valence-electron chi connectivity index (χ4n) is 2.21. The molecular weight excluding hydrogens is 226 g/mol. The van der Waals surface area contributed by atoms with E-state index in [-0.39, 0.29) is 5.91 Å². The molecule has 0 radical (unpaired) electrons. The second-order valence-corrected chi connectivity index (χ2v) is 4.79. The van der Waals surface area contributed by atoms with E-state index in [0.29, 0.717) is 11.1 Å². The van der Waals surface area contributed by atoms with Gasteiger partial charge in [-0.05, 0) is 24.3 Å². The van der Waals surface area contributed by atoms with Crippen molar-refractivity contribution in [2.24, 2.45) is 0 Å². The molecule has 1 aliphatic heterocycles. The molecule has 0 spiro atoms. The first-order chi connectivity index (χ1) is 8.70. The summed E-state index contributed by atoms with van der Waals surface area (Å²) in [6.07, 6.45) is 1.05. The number of carbonyl (C=O) groups excluding carboxylic acids is 1. The normalized spacial score (nSPS) is 20.0. The molecule has 94 valence electrons. The van der Waals surface area contributed by atoms with E-state index in [4.69, 9.17) is 5.26 Å². The van der Waals surface area contributed by atoms with Crippen molar-refractivity contribution in [3.8, 4) is 6.07 Å². The van der Waals surface area contributed by atoms with Crippen molar-refractivity contribution in [3.63, 3.8) is 0 Å². The minimum Gasteiger partial charge on any atom is -0.336 e. The van der Waals surface area contributed by atoms with Crippen molar-refractivity contribution >= 4 is 5.91 Å². The molecule has 0 bridgehead atoms. The van der Waals surface area contributed by atoms with Gasteiger partial charge in [-0.2, -0.15) is 5.26 Å². The van der Waals surface area contributed by atoms with Crippen molar-refractivity contribution in [2.75, 3.05) is 33.2 Å². The highest BCUT2D eigenvalue weighted by molar-refractivity contribution is 5.94. The molecule has 0 aliphatic carbocycles. The van der Waals surface area contributed by atoms with Crippen LogP contribution < -0.4 is 4.90 Å². The van der Waals surface area contributed by atoms with E-state index < -0.39 is 0 Å². The summed E-state index contributed by atoms with van der Waals surface area (Å²) >= 11 is 0. The first-order valence-electron chi connectivity index (χ1n) is 6.31. The lowest BCUT2D eigenvalue weighted by atomic mass is 10.1. The quantitative estimate of drug-likeness (QED) is 0.751. The maximum atomic E-state index is 12.3. The number of hydrogen-bond acceptors (Lipinski definition) is 2. The maximum absolute atomic E-state index is 12.3. The summed E-state index contributed by atoms with van der Waals surface area (Å²) in [5.74, 6) is 0.0780. The smallest absolute Gasteiger partial charge is 0.254 e. The predicted octanol–water partition coefficient (Wildman–Crippen LogP) is -0.0811. The third-order valence-electron chi connectivity index (χ3n) is 3.39. The zero-order chi connectivity index (χ0) is 13.0. The molecular formula is C14H18N3O+. The topological polar surface area (TPSA) is 48.5 Å². The van der Waals surface area contributed by atoms with Crippen molar-refractivity contribution < 1.29 is 9.69 Å². The van der Waals surface area contributed by atoms with Gasteiger partial charge in [-0.3, -0.25) is 4.79 Å². The third kappa shape index (κ3) is 2.88. The largest absolute Gasteiger partial charge is 0.336 e. The molecule has 1 aromatic rings. The van der Waals surface area contributed by atoms with Gasteiger partial charge in [-0.15, -0.1) is 0 Å². The number of nitrogens with zero attached hydrogens (tertiary/aromatic N) is 2. The van der Waals surface area contributed by atoms with Crippen LogP contribution in [-0.4, -0.2) is 44.0 Å². The summed E-state index contributed by atoms with van der Waals surface area (Å²) in [6.45, 7) is 3.76. The van der Waals surface area contributed by atoms with Crippen LogP contribution in [0, 0.1) is 11.3 Å². The van der Waals surface area contributed by atoms with Gasteiger partial charge in [0.2, 0.25) is 0 Å². The molecule has 1 fully saturated rings. The van der Waals surface area contributed by atoms with E-state index >= 15 is 0 Å². The summed E-state index contributed by atoms with van der Waals surface area (Å²) in [5, 5.41) is 8.73. The Balaban J connectivity index is 2.08. The fourth-order valence-corrected chi connectivity index (χ4v) is 2.21. The average Bonchev–Trinajstić information content (AvgIpc) is 2.63. The highest BCUT2D eigenvalue weighted by atomic mass is 16.2. The first-order valence-corrected chi connectivity index (χ1v) is 6.31. The van der Waals surface area contributed by atoms with Crippen molar-refractivity contribution in [2.45, 2.75) is 6.42 Å². The van der Waals surface area contributed by atoms with Crippen molar-refractivity contribution in [3.05, 3.63) is 35.4 Å². The Morgan fingerprint density at radius 2 is 2.00 bits per heavy atom. The van der Waals surface area contributed by atoms with Crippen LogP contribution in [0.25, 0.3) is 0 Å². The van der Waals surface area contributed by atoms with E-state index in [9.17, 15) is 4.79 Å². The van der Waals surface area contributed by atoms with Gasteiger partial charge in [0, 0.05) is 18.5 Å². The second kappa shape index (κ2) is 5.65. The standard InChI is InChI=1S/C14H17N3O/c1-16-7-2-8-17(10-9-16)14(18)13-5-3-12(11-15)4-6-13/h3-6H,2,7-10H2,1H3/p+1. The third-order valence-corrected chi connectivity index (χ3v) is 3.39. The summed E-state index contributed by atoms with van der Waals surface area (Å²) in [6, 6.07) is 8.93. The fraction of sp³-hybridized carbons (Fsp3) is 0.429. The molecule has 1 N–H and O–H groups in total. The Morgan fingerprint density at radius 1 is 1.28 bits per heavy atom. The highest BCUT2D eigenvalue weighted by Gasteiger charge is 2.20. The van der Waals surface area contributed by atoms with Crippen LogP contribution in [0.15, 0.2) is 24.3 Å². The van der Waals surface area contributed by atoms with Gasteiger partial charge in [0.05, 0.1) is 38.3 Å². The molecule has 1 unspecified atom stereocenters. The number of nitrogens with one attached hydrogen (secondary N) is 1. The molecule has 1 heterocycles. The van der Waals surface area contributed by atoms with Gasteiger partial charge in [-0.1, -0.05) is 0 Å². The van der Waals surface area contributed by atoms with Gasteiger partial charge in [-0.25, -0.2) is 0 Å². The molecule has 1 saturated heterocycles. The summed E-state index contributed by atoms with van der Waals surface area (Å²) in [4.78, 5) is 15.7. The molecule has 18 heavy (non-hydrogen) atoms. The van der Waals surface area contributed by atoms with Crippen LogP contribution in [0.1, 0.15) is 22.3 Å². The van der Waals surface area contributed by atoms with E-state index in [1.165, 1.54) is 4.90 Å². The molecule has 1 amide bonds. The zero-order valence-electron chi connectivity index (χ0n) is 10.6. The summed E-state index contributed by atoms with van der Waals surface area (Å²) in [5.41, 5.74) is 1.26. The van der Waals surface area contributed by atoms with Gasteiger partial charge in [0.25, 0.3) is 5.91 Å². The van der Waals surface area contributed by atoms with Crippen LogP contribution in [-0.2, 0) is 0 Å². The molecule has 0 saturated carbocycles. The monoisotopic (exact) mass is 244 g/mol. The molecule has 4 heteroatoms. The van der Waals surface area contributed by atoms with E-state index in [2.05, 4.69) is 13.1 Å². The number of carbonyl (C=O) groups is 1. The Hall–Kier alpha value is -1.86. The minimum atomic E-state index is 0.0780. The Kier molecular flexibility index (Phi) is 3.96. The van der Waals surface area contributed by atoms with Crippen molar-refractivity contribution in [1.29, 1.82) is 5.26 Å². The van der Waals surface area contributed by atoms with Gasteiger partial charge in [0.15, 0.2) is 0 Å². The second-order valence-electron chi connectivity index (χ2n) is 4.79. The van der Waals surface area contributed by atoms with E-state index in [1.54, 1.807) is 24.3 Å². The number of benzene rings is 1. The number of likely N-dealkylation sites (N-methyl/N-ethyl adjacent to an activating group) is 1. The van der Waals surface area contributed by atoms with Gasteiger partial charge >= 0.3 is 0 Å². The minimum absolute atomic E-state index is 0.0780.